The SMILES string of the molecule is Cc1cn(CC(C)C)c(NC(C)c2ccc(Cl)cc2)n1. The number of rotatable bonds is 5. The monoisotopic (exact) mass is 291 g/mol. The molecule has 0 spiro atoms. The van der Waals surface area contributed by atoms with Crippen molar-refractivity contribution in [1.82, 2.24) is 9.55 Å². The summed E-state index contributed by atoms with van der Waals surface area (Å²) in [6.07, 6.45) is 2.09. The molecule has 108 valence electrons. The van der Waals surface area contributed by atoms with Gasteiger partial charge in [0.05, 0.1) is 11.7 Å². The highest BCUT2D eigenvalue weighted by molar-refractivity contribution is 6.30. The first-order chi connectivity index (χ1) is 9.45. The summed E-state index contributed by atoms with van der Waals surface area (Å²) >= 11 is 5.93. The molecule has 0 aliphatic rings. The Labute approximate surface area is 126 Å². The van der Waals surface area contributed by atoms with Gasteiger partial charge in [-0.25, -0.2) is 4.98 Å². The molecule has 3 nitrogen and oxygen atoms in total. The van der Waals surface area contributed by atoms with Crippen LogP contribution >= 0.6 is 11.6 Å². The third-order valence-electron chi connectivity index (χ3n) is 3.17. The van der Waals surface area contributed by atoms with Crippen molar-refractivity contribution in [2.75, 3.05) is 5.32 Å². The molecule has 1 N–H and O–H groups in total. The Morgan fingerprint density at radius 1 is 1.20 bits per heavy atom. The van der Waals surface area contributed by atoms with E-state index >= 15 is 0 Å². The lowest BCUT2D eigenvalue weighted by Crippen LogP contribution is -2.13. The van der Waals surface area contributed by atoms with Gasteiger partial charge in [-0.15, -0.1) is 0 Å². The van der Waals surface area contributed by atoms with E-state index in [-0.39, 0.29) is 6.04 Å². The fraction of sp³-hybridized carbons (Fsp3) is 0.438. The molecule has 1 aromatic heterocycles. The summed E-state index contributed by atoms with van der Waals surface area (Å²) in [4.78, 5) is 4.57. The zero-order valence-electron chi connectivity index (χ0n) is 12.5. The molecule has 0 amide bonds. The van der Waals surface area contributed by atoms with Crippen LogP contribution in [0.5, 0.6) is 0 Å². The summed E-state index contributed by atoms with van der Waals surface area (Å²) in [5.74, 6) is 1.52. The van der Waals surface area contributed by atoms with E-state index in [0.717, 1.165) is 23.2 Å². The van der Waals surface area contributed by atoms with Crippen LogP contribution in [0, 0.1) is 12.8 Å². The van der Waals surface area contributed by atoms with Crippen molar-refractivity contribution < 1.29 is 0 Å². The van der Waals surface area contributed by atoms with E-state index in [1.54, 1.807) is 0 Å². The molecule has 2 aromatic rings. The van der Waals surface area contributed by atoms with E-state index in [0.29, 0.717) is 5.92 Å². The topological polar surface area (TPSA) is 29.9 Å². The van der Waals surface area contributed by atoms with Crippen LogP contribution in [0.2, 0.25) is 5.02 Å². The molecule has 0 bridgehead atoms. The lowest BCUT2D eigenvalue weighted by Gasteiger charge is -2.17. The lowest BCUT2D eigenvalue weighted by molar-refractivity contribution is 0.524. The Kier molecular flexibility index (Phi) is 4.71. The maximum atomic E-state index is 5.93. The third kappa shape index (κ3) is 3.76. The second-order valence-corrected chi connectivity index (χ2v) is 6.11. The number of hydrogen-bond acceptors (Lipinski definition) is 2. The average Bonchev–Trinajstić information content (AvgIpc) is 2.69. The summed E-state index contributed by atoms with van der Waals surface area (Å²) in [6.45, 7) is 9.54. The van der Waals surface area contributed by atoms with Gasteiger partial charge in [0, 0.05) is 17.8 Å². The van der Waals surface area contributed by atoms with E-state index in [1.807, 2.05) is 31.2 Å². The maximum Gasteiger partial charge on any atom is 0.203 e. The lowest BCUT2D eigenvalue weighted by atomic mass is 10.1. The van der Waals surface area contributed by atoms with Gasteiger partial charge in [0.15, 0.2) is 0 Å². The Balaban J connectivity index is 2.14. The molecule has 1 atom stereocenters. The zero-order valence-corrected chi connectivity index (χ0v) is 13.3. The predicted octanol–water partition coefficient (Wildman–Crippen LogP) is 4.67. The van der Waals surface area contributed by atoms with Crippen LogP contribution in [0.15, 0.2) is 30.5 Å². The summed E-state index contributed by atoms with van der Waals surface area (Å²) in [5, 5.41) is 4.24. The van der Waals surface area contributed by atoms with Gasteiger partial charge >= 0.3 is 0 Å². The molecular formula is C16H22ClN3. The normalized spacial score (nSPS) is 12.7. The van der Waals surface area contributed by atoms with Gasteiger partial charge in [-0.1, -0.05) is 37.6 Å². The molecule has 0 saturated heterocycles. The zero-order chi connectivity index (χ0) is 14.7. The van der Waals surface area contributed by atoms with Crippen molar-refractivity contribution in [3.63, 3.8) is 0 Å². The maximum absolute atomic E-state index is 5.93. The molecule has 0 aliphatic carbocycles. The first-order valence-corrected chi connectivity index (χ1v) is 7.39. The number of benzene rings is 1. The van der Waals surface area contributed by atoms with Gasteiger partial charge in [-0.05, 0) is 37.5 Å². The van der Waals surface area contributed by atoms with Crippen LogP contribution in [0.1, 0.15) is 38.1 Å². The number of aryl methyl sites for hydroxylation is 1. The smallest absolute Gasteiger partial charge is 0.203 e. The molecule has 0 fully saturated rings. The van der Waals surface area contributed by atoms with Gasteiger partial charge in [0.25, 0.3) is 0 Å². The largest absolute Gasteiger partial charge is 0.349 e. The van der Waals surface area contributed by atoms with E-state index in [9.17, 15) is 0 Å². The van der Waals surface area contributed by atoms with Crippen molar-refractivity contribution in [2.45, 2.75) is 40.3 Å². The fourth-order valence-corrected chi connectivity index (χ4v) is 2.35. The van der Waals surface area contributed by atoms with Crippen molar-refractivity contribution in [2.24, 2.45) is 5.92 Å². The fourth-order valence-electron chi connectivity index (χ4n) is 2.22. The molecule has 20 heavy (non-hydrogen) atoms. The van der Waals surface area contributed by atoms with E-state index < -0.39 is 0 Å². The second-order valence-electron chi connectivity index (χ2n) is 5.67. The molecular weight excluding hydrogens is 270 g/mol. The quantitative estimate of drug-likeness (QED) is 0.867. The average molecular weight is 292 g/mol. The van der Waals surface area contributed by atoms with Crippen LogP contribution in [-0.4, -0.2) is 9.55 Å². The number of aromatic nitrogens is 2. The number of anilines is 1. The van der Waals surface area contributed by atoms with Crippen LogP contribution in [0.25, 0.3) is 0 Å². The number of nitrogens with zero attached hydrogens (tertiary/aromatic N) is 2. The highest BCUT2D eigenvalue weighted by atomic mass is 35.5. The number of halogens is 1. The minimum absolute atomic E-state index is 0.194. The van der Waals surface area contributed by atoms with Crippen LogP contribution < -0.4 is 5.32 Å². The van der Waals surface area contributed by atoms with Crippen molar-refractivity contribution >= 4 is 17.5 Å². The molecule has 0 radical (unpaired) electrons. The third-order valence-corrected chi connectivity index (χ3v) is 3.43. The van der Waals surface area contributed by atoms with Gasteiger partial charge in [0.1, 0.15) is 0 Å². The van der Waals surface area contributed by atoms with Gasteiger partial charge < -0.3 is 9.88 Å². The highest BCUT2D eigenvalue weighted by Crippen LogP contribution is 2.21. The molecule has 1 aromatic carbocycles. The van der Waals surface area contributed by atoms with Crippen LogP contribution in [-0.2, 0) is 6.54 Å². The van der Waals surface area contributed by atoms with E-state index in [1.165, 1.54) is 5.56 Å². The molecule has 2 rings (SSSR count). The first-order valence-electron chi connectivity index (χ1n) is 7.01. The van der Waals surface area contributed by atoms with Gasteiger partial charge in [-0.2, -0.15) is 0 Å². The molecule has 4 heteroatoms. The van der Waals surface area contributed by atoms with Crippen molar-refractivity contribution in [1.29, 1.82) is 0 Å². The molecule has 0 saturated carbocycles. The second kappa shape index (κ2) is 6.31. The van der Waals surface area contributed by atoms with E-state index in [4.69, 9.17) is 11.6 Å². The first kappa shape index (κ1) is 14.9. The van der Waals surface area contributed by atoms with Crippen LogP contribution in [0.3, 0.4) is 0 Å². The molecule has 1 unspecified atom stereocenters. The summed E-state index contributed by atoms with van der Waals surface area (Å²) in [6, 6.07) is 8.12. The van der Waals surface area contributed by atoms with E-state index in [2.05, 4.69) is 41.8 Å². The standard InChI is InChI=1S/C16H22ClN3/c1-11(2)9-20-10-12(3)18-16(20)19-13(4)14-5-7-15(17)8-6-14/h5-8,10-11,13H,9H2,1-4H3,(H,18,19). The summed E-state index contributed by atoms with van der Waals surface area (Å²) in [7, 11) is 0. The number of imidazole rings is 1. The molecule has 0 aliphatic heterocycles. The van der Waals surface area contributed by atoms with Crippen molar-refractivity contribution in [3.05, 3.63) is 46.7 Å². The predicted molar refractivity (Wildman–Crippen MR) is 85.3 cm³/mol. The minimum atomic E-state index is 0.194. The van der Waals surface area contributed by atoms with Gasteiger partial charge in [-0.3, -0.25) is 0 Å². The number of hydrogen-bond donors (Lipinski definition) is 1. The Morgan fingerprint density at radius 3 is 2.45 bits per heavy atom. The van der Waals surface area contributed by atoms with Crippen molar-refractivity contribution in [3.8, 4) is 0 Å². The van der Waals surface area contributed by atoms with Gasteiger partial charge in [0.2, 0.25) is 5.95 Å². The minimum Gasteiger partial charge on any atom is -0.349 e. The van der Waals surface area contributed by atoms with Crippen LogP contribution in [0.4, 0.5) is 5.95 Å². The summed E-state index contributed by atoms with van der Waals surface area (Å²) < 4.78 is 2.19. The summed E-state index contributed by atoms with van der Waals surface area (Å²) in [5.41, 5.74) is 2.24. The Bertz CT molecular complexity index is 558. The highest BCUT2D eigenvalue weighted by Gasteiger charge is 2.11. The number of nitrogens with one attached hydrogen (secondary N) is 1. The molecule has 1 heterocycles. The Morgan fingerprint density at radius 2 is 1.85 bits per heavy atom. The Hall–Kier alpha value is -1.48.